The van der Waals surface area contributed by atoms with Gasteiger partial charge < -0.3 is 10.1 Å². The molecular weight excluding hydrogens is 364 g/mol. The number of rotatable bonds is 8. The molecule has 0 saturated heterocycles. The number of hydrogen-bond donors (Lipinski definition) is 1. The predicted octanol–water partition coefficient (Wildman–Crippen LogP) is 3.41. The molecule has 2 rings (SSSR count). The maximum atomic E-state index is 13.7. The summed E-state index contributed by atoms with van der Waals surface area (Å²) in [5.41, 5.74) is 0.118. The zero-order valence-corrected chi connectivity index (χ0v) is 14.8. The first-order chi connectivity index (χ1) is 12.4. The molecule has 1 aromatic carbocycles. The summed E-state index contributed by atoms with van der Waals surface area (Å²) in [6, 6.07) is 5.74. The Kier molecular flexibility index (Phi) is 6.97. The van der Waals surface area contributed by atoms with Crippen LogP contribution in [0.25, 0.3) is 0 Å². The van der Waals surface area contributed by atoms with Gasteiger partial charge in [-0.1, -0.05) is 12.1 Å². The van der Waals surface area contributed by atoms with Crippen molar-refractivity contribution in [3.8, 4) is 0 Å². The fourth-order valence-corrected chi connectivity index (χ4v) is 2.90. The van der Waals surface area contributed by atoms with E-state index in [9.17, 15) is 23.2 Å². The van der Waals surface area contributed by atoms with E-state index in [4.69, 9.17) is 4.74 Å². The van der Waals surface area contributed by atoms with Crippen molar-refractivity contribution in [2.45, 2.75) is 25.8 Å². The van der Waals surface area contributed by atoms with Gasteiger partial charge in [0.15, 0.2) is 12.4 Å². The number of Topliss-reactive ketones (excluding diaryl/α,β-unsaturated/α-hetero) is 1. The number of amides is 1. The lowest BCUT2D eigenvalue weighted by molar-refractivity contribution is -0.148. The van der Waals surface area contributed by atoms with E-state index in [0.29, 0.717) is 4.88 Å². The zero-order chi connectivity index (χ0) is 19.1. The third kappa shape index (κ3) is 5.73. The predicted molar refractivity (Wildman–Crippen MR) is 91.8 cm³/mol. The van der Waals surface area contributed by atoms with Crippen molar-refractivity contribution in [2.24, 2.45) is 0 Å². The van der Waals surface area contributed by atoms with Crippen molar-refractivity contribution < 1.29 is 27.9 Å². The lowest BCUT2D eigenvalue weighted by Crippen LogP contribution is -2.31. The molecule has 0 bridgehead atoms. The highest BCUT2D eigenvalue weighted by Gasteiger charge is 2.16. The summed E-state index contributed by atoms with van der Waals surface area (Å²) >= 11 is 1.29. The number of esters is 1. The van der Waals surface area contributed by atoms with Crippen LogP contribution in [0.2, 0.25) is 0 Å². The van der Waals surface area contributed by atoms with E-state index in [1.807, 2.05) is 0 Å². The number of ether oxygens (including phenoxy) is 1. The Bertz CT molecular complexity index is 792. The van der Waals surface area contributed by atoms with Crippen LogP contribution < -0.4 is 5.32 Å². The Balaban J connectivity index is 1.73. The number of carbonyl (C=O) groups excluding carboxylic acids is 3. The monoisotopic (exact) mass is 381 g/mol. The van der Waals surface area contributed by atoms with Crippen molar-refractivity contribution in [3.05, 3.63) is 57.8 Å². The molecule has 0 saturated carbocycles. The molecule has 0 fully saturated rings. The Morgan fingerprint density at radius 1 is 1.19 bits per heavy atom. The molecule has 0 radical (unpaired) electrons. The highest BCUT2D eigenvalue weighted by Crippen LogP contribution is 2.17. The second-order valence-corrected chi connectivity index (χ2v) is 6.46. The summed E-state index contributed by atoms with van der Waals surface area (Å²) in [5, 5.41) is 4.22. The molecule has 0 spiro atoms. The highest BCUT2D eigenvalue weighted by molar-refractivity contribution is 7.12. The molecule has 1 N–H and O–H groups in total. The maximum Gasteiger partial charge on any atom is 0.306 e. The van der Waals surface area contributed by atoms with Crippen LogP contribution in [0.15, 0.2) is 35.7 Å². The van der Waals surface area contributed by atoms with E-state index in [1.165, 1.54) is 24.3 Å². The summed E-state index contributed by atoms with van der Waals surface area (Å²) in [5.74, 6) is -2.95. The minimum Gasteiger partial charge on any atom is -0.456 e. The van der Waals surface area contributed by atoms with Crippen LogP contribution in [0.5, 0.6) is 0 Å². The number of nitrogens with one attached hydrogen (secondary N) is 1. The first-order valence-electron chi connectivity index (χ1n) is 7.83. The number of carbonyl (C=O) groups is 3. The van der Waals surface area contributed by atoms with Gasteiger partial charge in [-0.15, -0.1) is 11.3 Å². The number of benzene rings is 1. The van der Waals surface area contributed by atoms with Crippen molar-refractivity contribution in [1.82, 2.24) is 5.32 Å². The maximum absolute atomic E-state index is 13.7. The second kappa shape index (κ2) is 9.19. The lowest BCUT2D eigenvalue weighted by Gasteiger charge is -2.15. The van der Waals surface area contributed by atoms with Crippen LogP contribution in [0.3, 0.4) is 0 Å². The van der Waals surface area contributed by atoms with Crippen LogP contribution in [0, 0.1) is 11.6 Å². The zero-order valence-electron chi connectivity index (χ0n) is 14.0. The van der Waals surface area contributed by atoms with Crippen molar-refractivity contribution >= 4 is 29.0 Å². The molecule has 0 aliphatic carbocycles. The first kappa shape index (κ1) is 19.7. The molecule has 5 nitrogen and oxygen atoms in total. The Morgan fingerprint density at radius 2 is 1.96 bits per heavy atom. The smallest absolute Gasteiger partial charge is 0.306 e. The van der Waals surface area contributed by atoms with Crippen molar-refractivity contribution in [3.63, 3.8) is 0 Å². The number of ketones is 1. The van der Waals surface area contributed by atoms with Gasteiger partial charge in [-0.05, 0) is 24.4 Å². The molecular formula is C18H17F2NO4S. The highest BCUT2D eigenvalue weighted by atomic mass is 32.1. The van der Waals surface area contributed by atoms with Gasteiger partial charge in [0.05, 0.1) is 17.3 Å². The SMILES string of the molecule is C[C@H](NC(=O)COC(=O)CCC(=O)c1cccs1)c1ccc(F)cc1F. The van der Waals surface area contributed by atoms with Crippen molar-refractivity contribution in [2.75, 3.05) is 6.61 Å². The summed E-state index contributed by atoms with van der Waals surface area (Å²) in [6.07, 6.45) is -0.135. The molecule has 8 heteroatoms. The molecule has 26 heavy (non-hydrogen) atoms. The van der Waals surface area contributed by atoms with Crippen LogP contribution in [0.1, 0.15) is 41.0 Å². The minimum absolute atomic E-state index is 0.00183. The summed E-state index contributed by atoms with van der Waals surface area (Å²) < 4.78 is 31.3. The lowest BCUT2D eigenvalue weighted by atomic mass is 10.1. The third-order valence-corrected chi connectivity index (χ3v) is 4.43. The number of thiophene rings is 1. The first-order valence-corrected chi connectivity index (χ1v) is 8.71. The van der Waals surface area contributed by atoms with E-state index >= 15 is 0 Å². The van der Waals surface area contributed by atoms with Crippen LogP contribution in [-0.4, -0.2) is 24.3 Å². The van der Waals surface area contributed by atoms with E-state index < -0.39 is 36.2 Å². The quantitative estimate of drug-likeness (QED) is 0.562. The average molecular weight is 381 g/mol. The molecule has 0 aliphatic heterocycles. The molecule has 1 amide bonds. The summed E-state index contributed by atoms with van der Waals surface area (Å²) in [7, 11) is 0. The van der Waals surface area contributed by atoms with Gasteiger partial charge in [0.2, 0.25) is 0 Å². The van der Waals surface area contributed by atoms with Gasteiger partial charge in [-0.2, -0.15) is 0 Å². The summed E-state index contributed by atoms with van der Waals surface area (Å²) in [6.45, 7) is 0.981. The number of halogens is 2. The Labute approximate surface area is 153 Å². The molecule has 0 unspecified atom stereocenters. The molecule has 1 atom stereocenters. The number of hydrogen-bond acceptors (Lipinski definition) is 5. The van der Waals surface area contributed by atoms with E-state index in [-0.39, 0.29) is 24.2 Å². The molecule has 1 aromatic heterocycles. The fourth-order valence-electron chi connectivity index (χ4n) is 2.21. The fraction of sp³-hybridized carbons (Fsp3) is 0.278. The molecule has 1 heterocycles. The van der Waals surface area contributed by atoms with E-state index in [1.54, 1.807) is 17.5 Å². The van der Waals surface area contributed by atoms with Gasteiger partial charge in [-0.25, -0.2) is 8.78 Å². The molecule has 0 aliphatic rings. The van der Waals surface area contributed by atoms with Gasteiger partial charge in [0.25, 0.3) is 5.91 Å². The van der Waals surface area contributed by atoms with Gasteiger partial charge in [-0.3, -0.25) is 14.4 Å². The minimum atomic E-state index is -0.776. The molecule has 138 valence electrons. The van der Waals surface area contributed by atoms with E-state index in [2.05, 4.69) is 5.32 Å². The van der Waals surface area contributed by atoms with Crippen LogP contribution >= 0.6 is 11.3 Å². The topological polar surface area (TPSA) is 72.5 Å². The van der Waals surface area contributed by atoms with Gasteiger partial charge >= 0.3 is 5.97 Å². The standard InChI is InChI=1S/C18H17F2NO4S/c1-11(13-5-4-12(19)9-14(13)20)21-17(23)10-25-18(24)7-6-15(22)16-3-2-8-26-16/h2-5,8-9,11H,6-7,10H2,1H3,(H,21,23)/t11-/m0/s1. The largest absolute Gasteiger partial charge is 0.456 e. The Hall–Kier alpha value is -2.61. The van der Waals surface area contributed by atoms with Crippen LogP contribution in [-0.2, 0) is 14.3 Å². The van der Waals surface area contributed by atoms with Gasteiger partial charge in [0, 0.05) is 18.1 Å². The van der Waals surface area contributed by atoms with E-state index in [0.717, 1.165) is 12.1 Å². The molecule has 2 aromatic rings. The summed E-state index contributed by atoms with van der Waals surface area (Å²) in [4.78, 5) is 35.7. The van der Waals surface area contributed by atoms with Gasteiger partial charge in [0.1, 0.15) is 11.6 Å². The second-order valence-electron chi connectivity index (χ2n) is 5.52. The normalized spacial score (nSPS) is 11.7. The average Bonchev–Trinajstić information content (AvgIpc) is 3.12. The van der Waals surface area contributed by atoms with Crippen molar-refractivity contribution in [1.29, 1.82) is 0 Å². The Morgan fingerprint density at radius 3 is 2.62 bits per heavy atom. The third-order valence-electron chi connectivity index (χ3n) is 3.52. The van der Waals surface area contributed by atoms with Crippen LogP contribution in [0.4, 0.5) is 8.78 Å².